The van der Waals surface area contributed by atoms with E-state index in [-0.39, 0.29) is 0 Å². The SMILES string of the molecule is COc1ccc(Sc2ccc(N3CCCC3)c(-c3cc4ccccc4[nH]3)c2)cc1. The smallest absolute Gasteiger partial charge is 0.118 e. The lowest BCUT2D eigenvalue weighted by molar-refractivity contribution is 0.414. The van der Waals surface area contributed by atoms with Crippen molar-refractivity contribution in [3.05, 3.63) is 72.8 Å². The van der Waals surface area contributed by atoms with Gasteiger partial charge < -0.3 is 14.6 Å². The van der Waals surface area contributed by atoms with Crippen LogP contribution in [0.2, 0.25) is 0 Å². The van der Waals surface area contributed by atoms with Crippen molar-refractivity contribution in [3.8, 4) is 17.0 Å². The molecule has 3 aromatic carbocycles. The van der Waals surface area contributed by atoms with Crippen molar-refractivity contribution < 1.29 is 4.74 Å². The second-order valence-electron chi connectivity index (χ2n) is 7.42. The predicted octanol–water partition coefficient (Wildman–Crippen LogP) is 6.59. The molecular formula is C25H24N2OS. The third-order valence-electron chi connectivity index (χ3n) is 5.53. The number of rotatable bonds is 5. The summed E-state index contributed by atoms with van der Waals surface area (Å²) in [7, 11) is 1.70. The van der Waals surface area contributed by atoms with Gasteiger partial charge in [0, 0.05) is 50.7 Å². The zero-order valence-electron chi connectivity index (χ0n) is 16.5. The van der Waals surface area contributed by atoms with Crippen LogP contribution in [-0.2, 0) is 0 Å². The van der Waals surface area contributed by atoms with Gasteiger partial charge in [-0.1, -0.05) is 30.0 Å². The number of para-hydroxylation sites is 1. The molecule has 29 heavy (non-hydrogen) atoms. The largest absolute Gasteiger partial charge is 0.497 e. The first-order valence-corrected chi connectivity index (χ1v) is 10.9. The zero-order chi connectivity index (χ0) is 19.6. The molecule has 1 N–H and O–H groups in total. The van der Waals surface area contributed by atoms with Crippen molar-refractivity contribution in [3.63, 3.8) is 0 Å². The molecule has 0 aliphatic carbocycles. The topological polar surface area (TPSA) is 28.3 Å². The molecule has 0 bridgehead atoms. The summed E-state index contributed by atoms with van der Waals surface area (Å²) in [6.45, 7) is 2.27. The molecule has 0 saturated carbocycles. The van der Waals surface area contributed by atoms with Crippen LogP contribution < -0.4 is 9.64 Å². The first-order chi connectivity index (χ1) is 14.3. The number of nitrogens with zero attached hydrogens (tertiary/aromatic N) is 1. The Morgan fingerprint density at radius 2 is 1.62 bits per heavy atom. The summed E-state index contributed by atoms with van der Waals surface area (Å²) >= 11 is 1.79. The van der Waals surface area contributed by atoms with Crippen LogP contribution in [0.1, 0.15) is 12.8 Å². The van der Waals surface area contributed by atoms with E-state index in [0.29, 0.717) is 0 Å². The quantitative estimate of drug-likeness (QED) is 0.409. The lowest BCUT2D eigenvalue weighted by atomic mass is 10.1. The highest BCUT2D eigenvalue weighted by Gasteiger charge is 2.18. The second-order valence-corrected chi connectivity index (χ2v) is 8.57. The van der Waals surface area contributed by atoms with Crippen LogP contribution in [0.5, 0.6) is 5.75 Å². The molecule has 1 saturated heterocycles. The fourth-order valence-corrected chi connectivity index (χ4v) is 4.88. The Balaban J connectivity index is 1.54. The lowest BCUT2D eigenvalue weighted by Crippen LogP contribution is -2.18. The Kier molecular flexibility index (Phi) is 4.94. The van der Waals surface area contributed by atoms with Crippen LogP contribution in [-0.4, -0.2) is 25.2 Å². The maximum atomic E-state index is 5.28. The first-order valence-electron chi connectivity index (χ1n) is 10.1. The van der Waals surface area contributed by atoms with E-state index in [4.69, 9.17) is 4.74 Å². The predicted molar refractivity (Wildman–Crippen MR) is 122 cm³/mol. The van der Waals surface area contributed by atoms with Crippen molar-refractivity contribution >= 4 is 28.4 Å². The molecule has 146 valence electrons. The number of anilines is 1. The van der Waals surface area contributed by atoms with Gasteiger partial charge in [0.05, 0.1) is 7.11 Å². The van der Waals surface area contributed by atoms with E-state index < -0.39 is 0 Å². The molecular weight excluding hydrogens is 376 g/mol. The summed E-state index contributed by atoms with van der Waals surface area (Å²) in [5.74, 6) is 0.887. The van der Waals surface area contributed by atoms with Gasteiger partial charge in [0.25, 0.3) is 0 Å². The molecule has 0 spiro atoms. The highest BCUT2D eigenvalue weighted by molar-refractivity contribution is 7.99. The van der Waals surface area contributed by atoms with E-state index in [2.05, 4.69) is 70.5 Å². The number of fused-ring (bicyclic) bond motifs is 1. The van der Waals surface area contributed by atoms with E-state index in [0.717, 1.165) is 18.8 Å². The van der Waals surface area contributed by atoms with Crippen molar-refractivity contribution in [1.82, 2.24) is 4.98 Å². The van der Waals surface area contributed by atoms with Crippen molar-refractivity contribution in [2.24, 2.45) is 0 Å². The van der Waals surface area contributed by atoms with Gasteiger partial charge in [-0.3, -0.25) is 0 Å². The number of aromatic nitrogens is 1. The summed E-state index contributed by atoms with van der Waals surface area (Å²) < 4.78 is 5.28. The highest BCUT2D eigenvalue weighted by atomic mass is 32.2. The Hall–Kier alpha value is -2.85. The zero-order valence-corrected chi connectivity index (χ0v) is 17.3. The number of nitrogens with one attached hydrogen (secondary N) is 1. The molecule has 4 heteroatoms. The van der Waals surface area contributed by atoms with Gasteiger partial charge in [-0.2, -0.15) is 0 Å². The summed E-state index contributed by atoms with van der Waals surface area (Å²) in [5.41, 5.74) is 4.98. The lowest BCUT2D eigenvalue weighted by Gasteiger charge is -2.22. The molecule has 1 fully saturated rings. The molecule has 0 radical (unpaired) electrons. The molecule has 1 aliphatic rings. The Morgan fingerprint density at radius 3 is 2.38 bits per heavy atom. The van der Waals surface area contributed by atoms with E-state index in [1.54, 1.807) is 18.9 Å². The van der Waals surface area contributed by atoms with Gasteiger partial charge >= 0.3 is 0 Å². The average molecular weight is 401 g/mol. The minimum Gasteiger partial charge on any atom is -0.497 e. The molecule has 1 aromatic heterocycles. The number of methoxy groups -OCH3 is 1. The van der Waals surface area contributed by atoms with Crippen LogP contribution in [0.15, 0.2) is 82.6 Å². The standard InChI is InChI=1S/C25H24N2OS/c1-28-19-8-10-20(11-9-19)29-21-12-13-25(27-14-4-5-15-27)22(17-21)24-16-18-6-2-3-7-23(18)26-24/h2-3,6-13,16-17,26H,4-5,14-15H2,1H3. The van der Waals surface area contributed by atoms with Crippen molar-refractivity contribution in [1.29, 1.82) is 0 Å². The Bertz CT molecular complexity index is 1090. The molecule has 0 atom stereocenters. The summed E-state index contributed by atoms with van der Waals surface area (Å²) in [6, 6.07) is 25.9. The monoisotopic (exact) mass is 400 g/mol. The van der Waals surface area contributed by atoms with Crippen molar-refractivity contribution in [2.45, 2.75) is 22.6 Å². The molecule has 4 aromatic rings. The summed E-state index contributed by atoms with van der Waals surface area (Å²) in [6.07, 6.45) is 2.54. The van der Waals surface area contributed by atoms with Crippen LogP contribution in [0.25, 0.3) is 22.2 Å². The van der Waals surface area contributed by atoms with Gasteiger partial charge in [-0.15, -0.1) is 0 Å². The van der Waals surface area contributed by atoms with Crippen LogP contribution >= 0.6 is 11.8 Å². The van der Waals surface area contributed by atoms with E-state index in [9.17, 15) is 0 Å². The number of aromatic amines is 1. The summed E-state index contributed by atoms with van der Waals surface area (Å²) in [5, 5.41) is 1.25. The maximum absolute atomic E-state index is 5.28. The Morgan fingerprint density at radius 1 is 0.862 bits per heavy atom. The van der Waals surface area contributed by atoms with Gasteiger partial charge in [0.1, 0.15) is 5.75 Å². The highest BCUT2D eigenvalue weighted by Crippen LogP contribution is 2.39. The molecule has 1 aliphatic heterocycles. The van der Waals surface area contributed by atoms with Gasteiger partial charge in [-0.05, 0) is 67.4 Å². The number of hydrogen-bond donors (Lipinski definition) is 1. The van der Waals surface area contributed by atoms with Gasteiger partial charge in [0.2, 0.25) is 0 Å². The summed E-state index contributed by atoms with van der Waals surface area (Å²) in [4.78, 5) is 8.60. The number of ether oxygens (including phenoxy) is 1. The number of H-pyrrole nitrogens is 1. The minimum atomic E-state index is 0.887. The number of benzene rings is 3. The Labute approximate surface area is 175 Å². The third-order valence-corrected chi connectivity index (χ3v) is 6.53. The fraction of sp³-hybridized carbons (Fsp3) is 0.200. The normalized spacial score (nSPS) is 13.9. The first kappa shape index (κ1) is 18.2. The maximum Gasteiger partial charge on any atom is 0.118 e. The molecule has 0 unspecified atom stereocenters. The average Bonchev–Trinajstić information content (AvgIpc) is 3.44. The van der Waals surface area contributed by atoms with E-state index in [1.807, 2.05) is 12.1 Å². The molecule has 0 amide bonds. The molecule has 5 rings (SSSR count). The van der Waals surface area contributed by atoms with Gasteiger partial charge in [0.15, 0.2) is 0 Å². The number of hydrogen-bond acceptors (Lipinski definition) is 3. The van der Waals surface area contributed by atoms with Gasteiger partial charge in [-0.25, -0.2) is 0 Å². The van der Waals surface area contributed by atoms with Crippen molar-refractivity contribution in [2.75, 3.05) is 25.1 Å². The minimum absolute atomic E-state index is 0.887. The molecule has 3 nitrogen and oxygen atoms in total. The fourth-order valence-electron chi connectivity index (χ4n) is 4.03. The molecule has 2 heterocycles. The van der Waals surface area contributed by atoms with E-state index >= 15 is 0 Å². The van der Waals surface area contributed by atoms with Crippen LogP contribution in [0.4, 0.5) is 5.69 Å². The van der Waals surface area contributed by atoms with Crippen LogP contribution in [0, 0.1) is 0 Å². The van der Waals surface area contributed by atoms with E-state index in [1.165, 1.54) is 50.5 Å². The third kappa shape index (κ3) is 3.73. The van der Waals surface area contributed by atoms with Crippen LogP contribution in [0.3, 0.4) is 0 Å². The second kappa shape index (κ2) is 7.88.